The lowest BCUT2D eigenvalue weighted by Gasteiger charge is -2.25. The maximum Gasteiger partial charge on any atom is 0.143 e. The Morgan fingerprint density at radius 1 is 1.15 bits per heavy atom. The highest BCUT2D eigenvalue weighted by molar-refractivity contribution is 5.59. The van der Waals surface area contributed by atoms with Crippen LogP contribution in [0.15, 0.2) is 18.2 Å². The number of ether oxygens (including phenoxy) is 2. The Morgan fingerprint density at radius 3 is 2.25 bits per heavy atom. The van der Waals surface area contributed by atoms with Gasteiger partial charge in [0.1, 0.15) is 17.4 Å². The Labute approximate surface area is 119 Å². The fourth-order valence-corrected chi connectivity index (χ4v) is 1.88. The van der Waals surface area contributed by atoms with Crippen molar-refractivity contribution in [3.05, 3.63) is 29.6 Å². The lowest BCUT2D eigenvalue weighted by Crippen LogP contribution is -2.32. The number of nitriles is 1. The molecule has 0 saturated carbocycles. The maximum atomic E-state index is 13.7. The lowest BCUT2D eigenvalue weighted by molar-refractivity contribution is 0.141. The molecule has 0 bridgehead atoms. The molecule has 20 heavy (non-hydrogen) atoms. The average Bonchev–Trinajstić information content (AvgIpc) is 2.46. The van der Waals surface area contributed by atoms with Crippen LogP contribution in [0, 0.1) is 17.1 Å². The van der Waals surface area contributed by atoms with Crippen molar-refractivity contribution in [2.45, 2.75) is 13.8 Å². The van der Waals surface area contributed by atoms with Gasteiger partial charge in [-0.2, -0.15) is 5.26 Å². The second kappa shape index (κ2) is 9.29. The molecular formula is C15H21FN2O2. The first-order chi connectivity index (χ1) is 9.74. The minimum Gasteiger partial charge on any atom is -0.380 e. The molecule has 0 amide bonds. The lowest BCUT2D eigenvalue weighted by atomic mass is 10.1. The van der Waals surface area contributed by atoms with E-state index in [1.54, 1.807) is 12.1 Å². The van der Waals surface area contributed by atoms with E-state index in [2.05, 4.69) is 0 Å². The standard InChI is InChI=1S/C15H21FN2O2/c1-3-19-10-8-18(9-11-20-4-2)15-7-5-6-14(16)13(15)12-17/h5-7H,3-4,8-11H2,1-2H3. The highest BCUT2D eigenvalue weighted by Crippen LogP contribution is 2.22. The van der Waals surface area contributed by atoms with E-state index in [1.165, 1.54) is 6.07 Å². The van der Waals surface area contributed by atoms with Crippen LogP contribution in [0.3, 0.4) is 0 Å². The summed E-state index contributed by atoms with van der Waals surface area (Å²) in [5.74, 6) is -0.497. The third-order valence-corrected chi connectivity index (χ3v) is 2.86. The van der Waals surface area contributed by atoms with Gasteiger partial charge in [0.2, 0.25) is 0 Å². The van der Waals surface area contributed by atoms with Crippen LogP contribution >= 0.6 is 0 Å². The number of benzene rings is 1. The molecule has 0 saturated heterocycles. The summed E-state index contributed by atoms with van der Waals surface area (Å²) in [6, 6.07) is 6.58. The predicted octanol–water partition coefficient (Wildman–Crippen LogP) is 2.58. The molecule has 0 atom stereocenters. The Morgan fingerprint density at radius 2 is 1.75 bits per heavy atom. The van der Waals surface area contributed by atoms with Gasteiger partial charge in [0.15, 0.2) is 0 Å². The first kappa shape index (κ1) is 16.4. The van der Waals surface area contributed by atoms with Gasteiger partial charge in [-0.05, 0) is 26.0 Å². The van der Waals surface area contributed by atoms with Gasteiger partial charge in [-0.25, -0.2) is 4.39 Å². The van der Waals surface area contributed by atoms with Crippen LogP contribution in [0.25, 0.3) is 0 Å². The molecule has 4 nitrogen and oxygen atoms in total. The molecule has 0 unspecified atom stereocenters. The van der Waals surface area contributed by atoms with Crippen molar-refractivity contribution in [1.82, 2.24) is 0 Å². The van der Waals surface area contributed by atoms with Crippen LogP contribution < -0.4 is 4.90 Å². The summed E-state index contributed by atoms with van der Waals surface area (Å²) in [5, 5.41) is 9.11. The molecule has 0 heterocycles. The van der Waals surface area contributed by atoms with Crippen LogP contribution in [-0.4, -0.2) is 39.5 Å². The fraction of sp³-hybridized carbons (Fsp3) is 0.533. The number of hydrogen-bond donors (Lipinski definition) is 0. The van der Waals surface area contributed by atoms with Crippen molar-refractivity contribution in [1.29, 1.82) is 5.26 Å². The van der Waals surface area contributed by atoms with Crippen molar-refractivity contribution in [2.24, 2.45) is 0 Å². The summed E-state index contributed by atoms with van der Waals surface area (Å²) in [5.41, 5.74) is 0.660. The first-order valence-electron chi connectivity index (χ1n) is 6.83. The van der Waals surface area contributed by atoms with Gasteiger partial charge in [-0.1, -0.05) is 6.07 Å². The number of halogens is 1. The summed E-state index contributed by atoms with van der Waals surface area (Å²) in [7, 11) is 0. The molecule has 0 N–H and O–H groups in total. The zero-order valence-electron chi connectivity index (χ0n) is 12.1. The summed E-state index contributed by atoms with van der Waals surface area (Å²) in [4.78, 5) is 1.92. The molecule has 1 aromatic rings. The molecule has 5 heteroatoms. The summed E-state index contributed by atoms with van der Waals surface area (Å²) < 4.78 is 24.3. The van der Waals surface area contributed by atoms with Crippen molar-refractivity contribution < 1.29 is 13.9 Å². The summed E-state index contributed by atoms with van der Waals surface area (Å²) >= 11 is 0. The molecule has 1 aromatic carbocycles. The van der Waals surface area contributed by atoms with Gasteiger partial charge < -0.3 is 14.4 Å². The van der Waals surface area contributed by atoms with Crippen molar-refractivity contribution in [3.8, 4) is 6.07 Å². The van der Waals surface area contributed by atoms with Gasteiger partial charge in [-0.15, -0.1) is 0 Å². The summed E-state index contributed by atoms with van der Waals surface area (Å²) in [6.07, 6.45) is 0. The smallest absolute Gasteiger partial charge is 0.143 e. The number of nitrogens with zero attached hydrogens (tertiary/aromatic N) is 2. The van der Waals surface area contributed by atoms with E-state index in [1.807, 2.05) is 24.8 Å². The molecule has 0 spiro atoms. The van der Waals surface area contributed by atoms with Crippen LogP contribution in [0.5, 0.6) is 0 Å². The normalized spacial score (nSPS) is 10.3. The largest absolute Gasteiger partial charge is 0.380 e. The van der Waals surface area contributed by atoms with Crippen LogP contribution in [0.1, 0.15) is 19.4 Å². The van der Waals surface area contributed by atoms with E-state index in [0.717, 1.165) is 0 Å². The quantitative estimate of drug-likeness (QED) is 0.652. The van der Waals surface area contributed by atoms with Gasteiger partial charge in [0, 0.05) is 26.3 Å². The average molecular weight is 280 g/mol. The number of hydrogen-bond acceptors (Lipinski definition) is 4. The molecule has 0 aliphatic carbocycles. The highest BCUT2D eigenvalue weighted by atomic mass is 19.1. The molecule has 110 valence electrons. The molecule has 0 aliphatic rings. The fourth-order valence-electron chi connectivity index (χ4n) is 1.88. The Bertz CT molecular complexity index is 436. The second-order valence-electron chi connectivity index (χ2n) is 4.13. The Kier molecular flexibility index (Phi) is 7.63. The van der Waals surface area contributed by atoms with Crippen molar-refractivity contribution >= 4 is 5.69 Å². The molecule has 0 fully saturated rings. The van der Waals surface area contributed by atoms with Crippen molar-refractivity contribution in [2.75, 3.05) is 44.4 Å². The van der Waals surface area contributed by atoms with Gasteiger partial charge in [0.05, 0.1) is 18.9 Å². The topological polar surface area (TPSA) is 45.5 Å². The van der Waals surface area contributed by atoms with Gasteiger partial charge in [-0.3, -0.25) is 0 Å². The van der Waals surface area contributed by atoms with Crippen LogP contribution in [0.4, 0.5) is 10.1 Å². The molecule has 1 rings (SSSR count). The van der Waals surface area contributed by atoms with E-state index in [9.17, 15) is 4.39 Å². The van der Waals surface area contributed by atoms with Crippen LogP contribution in [0.2, 0.25) is 0 Å². The maximum absolute atomic E-state index is 13.7. The molecule has 0 aliphatic heterocycles. The SMILES string of the molecule is CCOCCN(CCOCC)c1cccc(F)c1C#N. The molecular weight excluding hydrogens is 259 g/mol. The van der Waals surface area contributed by atoms with E-state index in [-0.39, 0.29) is 5.56 Å². The van der Waals surface area contributed by atoms with Crippen molar-refractivity contribution in [3.63, 3.8) is 0 Å². The molecule has 0 aromatic heterocycles. The first-order valence-corrected chi connectivity index (χ1v) is 6.83. The van der Waals surface area contributed by atoms with Gasteiger partial charge >= 0.3 is 0 Å². The molecule has 0 radical (unpaired) electrons. The Hall–Kier alpha value is -1.64. The minimum atomic E-state index is -0.497. The van der Waals surface area contributed by atoms with E-state index in [4.69, 9.17) is 14.7 Å². The van der Waals surface area contributed by atoms with Gasteiger partial charge in [0.25, 0.3) is 0 Å². The summed E-state index contributed by atoms with van der Waals surface area (Å²) in [6.45, 7) is 7.37. The monoisotopic (exact) mass is 280 g/mol. The zero-order valence-corrected chi connectivity index (χ0v) is 12.1. The minimum absolute atomic E-state index is 0.0699. The van der Waals surface area contributed by atoms with E-state index >= 15 is 0 Å². The number of anilines is 1. The predicted molar refractivity (Wildman–Crippen MR) is 76.3 cm³/mol. The third-order valence-electron chi connectivity index (χ3n) is 2.86. The Balaban J connectivity index is 2.85. The van der Waals surface area contributed by atoms with Crippen LogP contribution in [-0.2, 0) is 9.47 Å². The highest BCUT2D eigenvalue weighted by Gasteiger charge is 2.14. The third kappa shape index (κ3) is 4.80. The van der Waals surface area contributed by atoms with E-state index < -0.39 is 5.82 Å². The van der Waals surface area contributed by atoms with E-state index in [0.29, 0.717) is 45.2 Å². The zero-order chi connectivity index (χ0) is 14.8. The second-order valence-corrected chi connectivity index (χ2v) is 4.13. The number of rotatable bonds is 9.